The number of amides is 1. The Balaban J connectivity index is 1.68. The van der Waals surface area contributed by atoms with E-state index in [1.165, 1.54) is 19.1 Å². The number of carbonyl (C=O) groups excluding carboxylic acids is 2. The van der Waals surface area contributed by atoms with Crippen molar-refractivity contribution in [1.82, 2.24) is 5.32 Å². The summed E-state index contributed by atoms with van der Waals surface area (Å²) in [5.74, 6) is 5.60. The summed E-state index contributed by atoms with van der Waals surface area (Å²) in [7, 11) is 0. The maximum Gasteiger partial charge on any atom is 0.416 e. The minimum atomic E-state index is -4.41. The molecular formula is C22H20F3NO3. The van der Waals surface area contributed by atoms with Gasteiger partial charge in [-0.2, -0.15) is 13.2 Å². The third-order valence-electron chi connectivity index (χ3n) is 3.87. The van der Waals surface area contributed by atoms with Gasteiger partial charge < -0.3 is 10.1 Å². The molecule has 0 saturated carbocycles. The summed E-state index contributed by atoms with van der Waals surface area (Å²) in [4.78, 5) is 22.9. The van der Waals surface area contributed by atoms with Crippen molar-refractivity contribution in [3.8, 4) is 17.6 Å². The van der Waals surface area contributed by atoms with Crippen LogP contribution in [0.25, 0.3) is 0 Å². The molecule has 4 nitrogen and oxygen atoms in total. The molecule has 2 aromatic carbocycles. The van der Waals surface area contributed by atoms with E-state index in [0.29, 0.717) is 24.3 Å². The first kappa shape index (κ1) is 22.0. The van der Waals surface area contributed by atoms with Crippen molar-refractivity contribution in [2.24, 2.45) is 0 Å². The molecule has 0 fully saturated rings. The molecule has 0 aromatic heterocycles. The van der Waals surface area contributed by atoms with Crippen molar-refractivity contribution in [3.63, 3.8) is 0 Å². The maximum absolute atomic E-state index is 12.6. The Kier molecular flexibility index (Phi) is 7.84. The molecule has 0 spiro atoms. The Bertz CT molecular complexity index is 909. The van der Waals surface area contributed by atoms with E-state index >= 15 is 0 Å². The van der Waals surface area contributed by atoms with E-state index in [0.717, 1.165) is 12.1 Å². The summed E-state index contributed by atoms with van der Waals surface area (Å²) < 4.78 is 43.4. The zero-order valence-electron chi connectivity index (χ0n) is 15.8. The van der Waals surface area contributed by atoms with Gasteiger partial charge in [0, 0.05) is 17.5 Å². The van der Waals surface area contributed by atoms with Crippen molar-refractivity contribution in [1.29, 1.82) is 0 Å². The molecule has 1 amide bonds. The zero-order chi connectivity index (χ0) is 21.3. The molecule has 1 N–H and O–H groups in total. The van der Waals surface area contributed by atoms with Crippen molar-refractivity contribution in [2.45, 2.75) is 25.9 Å². The number of benzene rings is 2. The Hall–Kier alpha value is -3.27. The molecule has 29 heavy (non-hydrogen) atoms. The molecule has 2 aromatic rings. The number of halogens is 3. The van der Waals surface area contributed by atoms with Crippen LogP contribution in [0.4, 0.5) is 13.2 Å². The lowest BCUT2D eigenvalue weighted by molar-refractivity contribution is -0.137. The van der Waals surface area contributed by atoms with E-state index in [-0.39, 0.29) is 30.2 Å². The first-order chi connectivity index (χ1) is 13.8. The molecule has 0 heterocycles. The fourth-order valence-corrected chi connectivity index (χ4v) is 2.36. The van der Waals surface area contributed by atoms with Crippen molar-refractivity contribution in [3.05, 3.63) is 65.2 Å². The average Bonchev–Trinajstić information content (AvgIpc) is 2.68. The second-order valence-corrected chi connectivity index (χ2v) is 6.19. The first-order valence-electron chi connectivity index (χ1n) is 8.92. The number of alkyl halides is 3. The normalized spacial score (nSPS) is 10.6. The van der Waals surface area contributed by atoms with Gasteiger partial charge in [-0.25, -0.2) is 0 Å². The molecule has 0 unspecified atom stereocenters. The van der Waals surface area contributed by atoms with Gasteiger partial charge in [0.05, 0.1) is 18.7 Å². The highest BCUT2D eigenvalue weighted by molar-refractivity contribution is 5.94. The largest absolute Gasteiger partial charge is 0.494 e. The highest BCUT2D eigenvalue weighted by Gasteiger charge is 2.30. The zero-order valence-corrected chi connectivity index (χ0v) is 15.8. The van der Waals surface area contributed by atoms with Crippen LogP contribution in [0.2, 0.25) is 0 Å². The predicted molar refractivity (Wildman–Crippen MR) is 103 cm³/mol. The van der Waals surface area contributed by atoms with Gasteiger partial charge in [0.15, 0.2) is 5.78 Å². The van der Waals surface area contributed by atoms with Crippen LogP contribution < -0.4 is 10.1 Å². The highest BCUT2D eigenvalue weighted by Crippen LogP contribution is 2.29. The molecule has 7 heteroatoms. The van der Waals surface area contributed by atoms with Crippen LogP contribution in [0, 0.1) is 11.8 Å². The maximum atomic E-state index is 12.6. The molecule has 0 saturated heterocycles. The first-order valence-corrected chi connectivity index (χ1v) is 8.92. The molecule has 0 aliphatic rings. The lowest BCUT2D eigenvalue weighted by atomic mass is 10.1. The van der Waals surface area contributed by atoms with Crippen LogP contribution >= 0.6 is 0 Å². The van der Waals surface area contributed by atoms with Gasteiger partial charge in [-0.05, 0) is 55.8 Å². The smallest absolute Gasteiger partial charge is 0.416 e. The Labute approximate surface area is 167 Å². The van der Waals surface area contributed by atoms with Gasteiger partial charge >= 0.3 is 6.18 Å². The lowest BCUT2D eigenvalue weighted by Crippen LogP contribution is -2.23. The number of hydrogen-bond donors (Lipinski definition) is 1. The molecule has 0 aliphatic heterocycles. The van der Waals surface area contributed by atoms with Crippen LogP contribution in [0.3, 0.4) is 0 Å². The van der Waals surface area contributed by atoms with Crippen LogP contribution in [-0.2, 0) is 11.0 Å². The standard InChI is InChI=1S/C22H20F3NO3/c1-16(27)18-9-11-20(12-10-18)29-14-4-8-21(28)26-13-3-6-17-5-2-7-19(15-17)22(23,24)25/h2,5,7,9-12,15H,4,8,13-14H2,1H3,(H,26,28). The summed E-state index contributed by atoms with van der Waals surface area (Å²) in [6.07, 6.45) is -3.69. The topological polar surface area (TPSA) is 55.4 Å². The fraction of sp³-hybridized carbons (Fsp3) is 0.273. The van der Waals surface area contributed by atoms with Crippen molar-refractivity contribution >= 4 is 11.7 Å². The van der Waals surface area contributed by atoms with E-state index in [1.54, 1.807) is 24.3 Å². The minimum absolute atomic E-state index is 0.0237. The Morgan fingerprint density at radius 3 is 2.48 bits per heavy atom. The molecular weight excluding hydrogens is 383 g/mol. The van der Waals surface area contributed by atoms with Gasteiger partial charge in [-0.3, -0.25) is 9.59 Å². The molecule has 0 bridgehead atoms. The van der Waals surface area contributed by atoms with Crippen LogP contribution in [0.1, 0.15) is 41.3 Å². The third-order valence-corrected chi connectivity index (χ3v) is 3.87. The number of hydrogen-bond acceptors (Lipinski definition) is 3. The molecule has 0 aliphatic carbocycles. The van der Waals surface area contributed by atoms with Crippen LogP contribution in [-0.4, -0.2) is 24.8 Å². The quantitative estimate of drug-likeness (QED) is 0.428. The van der Waals surface area contributed by atoms with E-state index in [1.807, 2.05) is 0 Å². The van der Waals surface area contributed by atoms with Crippen molar-refractivity contribution in [2.75, 3.05) is 13.2 Å². The highest BCUT2D eigenvalue weighted by atomic mass is 19.4. The van der Waals surface area contributed by atoms with Crippen LogP contribution in [0.5, 0.6) is 5.75 Å². The Morgan fingerprint density at radius 1 is 1.10 bits per heavy atom. The minimum Gasteiger partial charge on any atom is -0.494 e. The lowest BCUT2D eigenvalue weighted by Gasteiger charge is -2.06. The number of ether oxygens (including phenoxy) is 1. The second kappa shape index (κ2) is 10.3. The van der Waals surface area contributed by atoms with E-state index in [4.69, 9.17) is 4.74 Å². The molecule has 2 rings (SSSR count). The van der Waals surface area contributed by atoms with Gasteiger partial charge in [0.1, 0.15) is 5.75 Å². The number of Topliss-reactive ketones (excluding diaryl/α,β-unsaturated/α-hetero) is 1. The van der Waals surface area contributed by atoms with E-state index in [2.05, 4.69) is 17.2 Å². The number of rotatable bonds is 7. The Morgan fingerprint density at radius 2 is 1.83 bits per heavy atom. The van der Waals surface area contributed by atoms with Gasteiger partial charge in [-0.15, -0.1) is 0 Å². The van der Waals surface area contributed by atoms with Gasteiger partial charge in [0.25, 0.3) is 0 Å². The molecule has 0 atom stereocenters. The fourth-order valence-electron chi connectivity index (χ4n) is 2.36. The summed E-state index contributed by atoms with van der Waals surface area (Å²) >= 11 is 0. The summed E-state index contributed by atoms with van der Waals surface area (Å²) in [5, 5.41) is 2.59. The number of nitrogens with one attached hydrogen (secondary N) is 1. The van der Waals surface area contributed by atoms with Gasteiger partial charge in [0.2, 0.25) is 5.91 Å². The summed E-state index contributed by atoms with van der Waals surface area (Å²) in [6.45, 7) is 1.86. The monoisotopic (exact) mass is 403 g/mol. The van der Waals surface area contributed by atoms with E-state index < -0.39 is 11.7 Å². The average molecular weight is 403 g/mol. The number of carbonyl (C=O) groups is 2. The van der Waals surface area contributed by atoms with E-state index in [9.17, 15) is 22.8 Å². The molecule has 0 radical (unpaired) electrons. The predicted octanol–water partition coefficient (Wildman–Crippen LogP) is 4.23. The SMILES string of the molecule is CC(=O)c1ccc(OCCCC(=O)NCC#Cc2cccc(C(F)(F)F)c2)cc1. The molecule has 152 valence electrons. The summed E-state index contributed by atoms with van der Waals surface area (Å²) in [6, 6.07) is 11.5. The van der Waals surface area contributed by atoms with Gasteiger partial charge in [-0.1, -0.05) is 17.9 Å². The van der Waals surface area contributed by atoms with Crippen molar-refractivity contribution < 1.29 is 27.5 Å². The number of ketones is 1. The summed E-state index contributed by atoms with van der Waals surface area (Å²) in [5.41, 5.74) is 0.0745. The third kappa shape index (κ3) is 7.70. The van der Waals surface area contributed by atoms with Crippen LogP contribution in [0.15, 0.2) is 48.5 Å². The second-order valence-electron chi connectivity index (χ2n) is 6.19.